The molecule has 1 rings (SSSR count). The number of hydrogen-bond donors (Lipinski definition) is 0. The second kappa shape index (κ2) is 5.92. The van der Waals surface area contributed by atoms with Crippen LogP contribution in [0.5, 0.6) is 5.75 Å². The van der Waals surface area contributed by atoms with Crippen LogP contribution in [-0.4, -0.2) is 17.9 Å². The molecule has 0 fully saturated rings. The zero-order valence-electron chi connectivity index (χ0n) is 7.14. The summed E-state index contributed by atoms with van der Waals surface area (Å²) in [5, 5.41) is 1.02. The summed E-state index contributed by atoms with van der Waals surface area (Å²) in [5.41, 5.74) is 0. The monoisotopic (exact) mass is 272 g/mol. The molecule has 0 N–H and O–H groups in total. The SMILES string of the molecule is ClCC(CCl)Oc1ccc(Cl)cc1Cl. The van der Waals surface area contributed by atoms with Crippen LogP contribution >= 0.6 is 46.4 Å². The van der Waals surface area contributed by atoms with Crippen molar-refractivity contribution in [2.45, 2.75) is 6.10 Å². The maximum Gasteiger partial charge on any atom is 0.138 e. The standard InChI is InChI=1S/C9H8Cl4O/c10-4-7(5-11)14-9-2-1-6(12)3-8(9)13/h1-3,7H,4-5H2. The van der Waals surface area contributed by atoms with Gasteiger partial charge in [-0.2, -0.15) is 0 Å². The molecule has 0 saturated carbocycles. The quantitative estimate of drug-likeness (QED) is 0.747. The molecule has 0 amide bonds. The molecule has 0 heterocycles. The Morgan fingerprint density at radius 1 is 1.14 bits per heavy atom. The summed E-state index contributed by atoms with van der Waals surface area (Å²) < 4.78 is 5.44. The first kappa shape index (κ1) is 12.3. The van der Waals surface area contributed by atoms with Gasteiger partial charge >= 0.3 is 0 Å². The van der Waals surface area contributed by atoms with Crippen molar-refractivity contribution in [2.75, 3.05) is 11.8 Å². The Balaban J connectivity index is 2.76. The topological polar surface area (TPSA) is 9.23 Å². The Kier molecular flexibility index (Phi) is 5.18. The highest BCUT2D eigenvalue weighted by molar-refractivity contribution is 6.35. The maximum atomic E-state index is 5.89. The summed E-state index contributed by atoms with van der Waals surface area (Å²) in [6.07, 6.45) is -0.239. The van der Waals surface area contributed by atoms with Crippen LogP contribution in [0.15, 0.2) is 18.2 Å². The minimum Gasteiger partial charge on any atom is -0.486 e. The molecule has 14 heavy (non-hydrogen) atoms. The molecular weight excluding hydrogens is 266 g/mol. The predicted molar refractivity (Wildman–Crippen MR) is 62.3 cm³/mol. The molecule has 0 unspecified atom stereocenters. The van der Waals surface area contributed by atoms with E-state index in [9.17, 15) is 0 Å². The first-order valence-corrected chi connectivity index (χ1v) is 5.73. The third-order valence-electron chi connectivity index (χ3n) is 1.53. The molecule has 1 aromatic rings. The summed E-state index contributed by atoms with van der Waals surface area (Å²) >= 11 is 22.9. The molecule has 0 aromatic heterocycles. The van der Waals surface area contributed by atoms with Crippen molar-refractivity contribution in [3.8, 4) is 5.75 Å². The van der Waals surface area contributed by atoms with E-state index in [0.29, 0.717) is 27.6 Å². The smallest absolute Gasteiger partial charge is 0.138 e. The Morgan fingerprint density at radius 3 is 2.29 bits per heavy atom. The molecular formula is C9H8Cl4O. The normalized spacial score (nSPS) is 10.6. The van der Waals surface area contributed by atoms with Gasteiger partial charge < -0.3 is 4.74 Å². The van der Waals surface area contributed by atoms with Crippen LogP contribution < -0.4 is 4.74 Å². The van der Waals surface area contributed by atoms with Crippen molar-refractivity contribution in [3.63, 3.8) is 0 Å². The highest BCUT2D eigenvalue weighted by atomic mass is 35.5. The largest absolute Gasteiger partial charge is 0.486 e. The molecule has 5 heteroatoms. The van der Waals surface area contributed by atoms with Gasteiger partial charge in [-0.25, -0.2) is 0 Å². The molecule has 78 valence electrons. The number of ether oxygens (including phenoxy) is 1. The summed E-state index contributed by atoms with van der Waals surface area (Å²) in [5.74, 6) is 1.19. The van der Waals surface area contributed by atoms with Crippen molar-refractivity contribution in [2.24, 2.45) is 0 Å². The Morgan fingerprint density at radius 2 is 1.79 bits per heavy atom. The summed E-state index contributed by atoms with van der Waals surface area (Å²) in [7, 11) is 0. The fraction of sp³-hybridized carbons (Fsp3) is 0.333. The van der Waals surface area contributed by atoms with Crippen molar-refractivity contribution in [1.29, 1.82) is 0 Å². The average molecular weight is 274 g/mol. The van der Waals surface area contributed by atoms with Crippen LogP contribution in [0, 0.1) is 0 Å². The van der Waals surface area contributed by atoms with Gasteiger partial charge in [-0.05, 0) is 18.2 Å². The molecule has 1 nitrogen and oxygen atoms in total. The lowest BCUT2D eigenvalue weighted by atomic mass is 10.3. The van der Waals surface area contributed by atoms with Gasteiger partial charge in [-0.3, -0.25) is 0 Å². The highest BCUT2D eigenvalue weighted by Gasteiger charge is 2.10. The summed E-state index contributed by atoms with van der Waals surface area (Å²) in [6, 6.07) is 5.00. The van der Waals surface area contributed by atoms with E-state index in [-0.39, 0.29) is 6.10 Å². The number of benzene rings is 1. The Hall–Kier alpha value is 0.180. The number of hydrogen-bond acceptors (Lipinski definition) is 1. The molecule has 0 spiro atoms. The van der Waals surface area contributed by atoms with E-state index in [1.165, 1.54) is 0 Å². The van der Waals surface area contributed by atoms with E-state index in [4.69, 9.17) is 51.1 Å². The van der Waals surface area contributed by atoms with Crippen LogP contribution in [0.4, 0.5) is 0 Å². The average Bonchev–Trinajstić information content (AvgIpc) is 2.17. The van der Waals surface area contributed by atoms with Crippen molar-refractivity contribution < 1.29 is 4.74 Å². The van der Waals surface area contributed by atoms with Gasteiger partial charge in [0, 0.05) is 5.02 Å². The molecule has 0 atom stereocenters. The predicted octanol–water partition coefficient (Wildman–Crippen LogP) is 4.22. The zero-order valence-corrected chi connectivity index (χ0v) is 10.2. The number of alkyl halides is 2. The third-order valence-corrected chi connectivity index (χ3v) is 2.75. The van der Waals surface area contributed by atoms with Gasteiger partial charge in [0.25, 0.3) is 0 Å². The lowest BCUT2D eigenvalue weighted by Crippen LogP contribution is -2.20. The minimum atomic E-state index is -0.239. The van der Waals surface area contributed by atoms with E-state index in [1.54, 1.807) is 18.2 Å². The Bertz CT molecular complexity index is 299. The zero-order chi connectivity index (χ0) is 10.6. The van der Waals surface area contributed by atoms with Crippen LogP contribution in [0.25, 0.3) is 0 Å². The molecule has 0 aliphatic rings. The fourth-order valence-corrected chi connectivity index (χ4v) is 1.76. The van der Waals surface area contributed by atoms with Gasteiger partial charge in [0.1, 0.15) is 11.9 Å². The highest BCUT2D eigenvalue weighted by Crippen LogP contribution is 2.28. The molecule has 0 radical (unpaired) electrons. The lowest BCUT2D eigenvalue weighted by Gasteiger charge is -2.14. The Labute approximate surface area is 103 Å². The molecule has 0 aliphatic carbocycles. The van der Waals surface area contributed by atoms with E-state index < -0.39 is 0 Å². The number of rotatable bonds is 4. The van der Waals surface area contributed by atoms with Crippen LogP contribution in [0.2, 0.25) is 10.0 Å². The molecule has 0 aliphatic heterocycles. The summed E-state index contributed by atoms with van der Waals surface area (Å²) in [4.78, 5) is 0. The molecule has 0 bridgehead atoms. The first-order chi connectivity index (χ1) is 6.67. The van der Waals surface area contributed by atoms with Gasteiger partial charge in [0.05, 0.1) is 16.8 Å². The fourth-order valence-electron chi connectivity index (χ4n) is 0.855. The van der Waals surface area contributed by atoms with E-state index in [0.717, 1.165) is 0 Å². The number of halogens is 4. The van der Waals surface area contributed by atoms with Gasteiger partial charge in [0.15, 0.2) is 0 Å². The molecule has 1 aromatic carbocycles. The van der Waals surface area contributed by atoms with Crippen molar-refractivity contribution >= 4 is 46.4 Å². The van der Waals surface area contributed by atoms with E-state index >= 15 is 0 Å². The van der Waals surface area contributed by atoms with Gasteiger partial charge in [-0.1, -0.05) is 23.2 Å². The van der Waals surface area contributed by atoms with E-state index in [1.807, 2.05) is 0 Å². The van der Waals surface area contributed by atoms with Crippen molar-refractivity contribution in [3.05, 3.63) is 28.2 Å². The van der Waals surface area contributed by atoms with Crippen LogP contribution in [0.1, 0.15) is 0 Å². The van der Waals surface area contributed by atoms with Gasteiger partial charge in [0.2, 0.25) is 0 Å². The lowest BCUT2D eigenvalue weighted by molar-refractivity contribution is 0.249. The van der Waals surface area contributed by atoms with E-state index in [2.05, 4.69) is 0 Å². The summed E-state index contributed by atoms with van der Waals surface area (Å²) in [6.45, 7) is 0. The second-order valence-electron chi connectivity index (χ2n) is 2.62. The third kappa shape index (κ3) is 3.39. The van der Waals surface area contributed by atoms with Crippen LogP contribution in [-0.2, 0) is 0 Å². The van der Waals surface area contributed by atoms with Gasteiger partial charge in [-0.15, -0.1) is 23.2 Å². The molecule has 0 saturated heterocycles. The second-order valence-corrected chi connectivity index (χ2v) is 4.08. The van der Waals surface area contributed by atoms with Crippen LogP contribution in [0.3, 0.4) is 0 Å². The maximum absolute atomic E-state index is 5.89. The van der Waals surface area contributed by atoms with Crippen molar-refractivity contribution in [1.82, 2.24) is 0 Å². The minimum absolute atomic E-state index is 0.239. The first-order valence-electron chi connectivity index (χ1n) is 3.91.